The summed E-state index contributed by atoms with van der Waals surface area (Å²) >= 11 is 0. The molecular formula is C15H26N2O. The molecule has 2 rings (SSSR count). The van der Waals surface area contributed by atoms with Gasteiger partial charge in [-0.2, -0.15) is 0 Å². The third-order valence-electron chi connectivity index (χ3n) is 3.88. The van der Waals surface area contributed by atoms with Gasteiger partial charge in [-0.1, -0.05) is 20.8 Å². The fourth-order valence-electron chi connectivity index (χ4n) is 3.47. The van der Waals surface area contributed by atoms with E-state index in [9.17, 15) is 0 Å². The summed E-state index contributed by atoms with van der Waals surface area (Å²) in [5, 5.41) is 3.68. The van der Waals surface area contributed by atoms with E-state index in [2.05, 4.69) is 38.0 Å². The van der Waals surface area contributed by atoms with Crippen molar-refractivity contribution in [2.45, 2.75) is 66.0 Å². The number of nitrogens with one attached hydrogen (secondary N) is 1. The highest BCUT2D eigenvalue weighted by Crippen LogP contribution is 2.39. The zero-order valence-electron chi connectivity index (χ0n) is 12.3. The van der Waals surface area contributed by atoms with Crippen LogP contribution in [-0.2, 0) is 0 Å². The molecule has 3 atom stereocenters. The molecule has 0 aromatic carbocycles. The van der Waals surface area contributed by atoms with Crippen molar-refractivity contribution in [1.29, 1.82) is 0 Å². The highest BCUT2D eigenvalue weighted by molar-refractivity contribution is 4.97. The van der Waals surface area contributed by atoms with Crippen LogP contribution in [0.1, 0.15) is 64.7 Å². The van der Waals surface area contributed by atoms with Gasteiger partial charge in [0.05, 0.1) is 12.2 Å². The number of hydrogen-bond donors (Lipinski definition) is 1. The van der Waals surface area contributed by atoms with E-state index in [0.717, 1.165) is 17.6 Å². The van der Waals surface area contributed by atoms with Crippen LogP contribution < -0.4 is 5.32 Å². The smallest absolute Gasteiger partial charge is 0.211 e. The lowest BCUT2D eigenvalue weighted by Gasteiger charge is -2.40. The maximum Gasteiger partial charge on any atom is 0.211 e. The molecule has 3 nitrogen and oxygen atoms in total. The van der Waals surface area contributed by atoms with Crippen LogP contribution in [0.5, 0.6) is 0 Å². The SMILES string of the molecule is Cc1cnc(C(C)NC2CC(C)CC(C)(C)C2)o1. The molecule has 1 N–H and O–H groups in total. The molecule has 0 saturated heterocycles. The topological polar surface area (TPSA) is 38.1 Å². The Bertz CT molecular complexity index is 397. The van der Waals surface area contributed by atoms with E-state index < -0.39 is 0 Å². The highest BCUT2D eigenvalue weighted by Gasteiger charge is 2.32. The number of oxazole rings is 1. The normalized spacial score (nSPS) is 29.2. The maximum absolute atomic E-state index is 5.59. The van der Waals surface area contributed by atoms with Crippen molar-refractivity contribution in [3.05, 3.63) is 17.8 Å². The second-order valence-corrected chi connectivity index (χ2v) is 6.81. The highest BCUT2D eigenvalue weighted by atomic mass is 16.4. The Kier molecular flexibility index (Phi) is 3.81. The molecule has 0 aliphatic heterocycles. The van der Waals surface area contributed by atoms with Crippen LogP contribution in [0.2, 0.25) is 0 Å². The summed E-state index contributed by atoms with van der Waals surface area (Å²) in [6.45, 7) is 11.2. The minimum absolute atomic E-state index is 0.199. The molecule has 1 fully saturated rings. The van der Waals surface area contributed by atoms with Gasteiger partial charge in [0, 0.05) is 6.04 Å². The van der Waals surface area contributed by atoms with E-state index in [-0.39, 0.29) is 6.04 Å². The van der Waals surface area contributed by atoms with E-state index in [1.165, 1.54) is 19.3 Å². The Labute approximate surface area is 110 Å². The van der Waals surface area contributed by atoms with Gasteiger partial charge in [-0.25, -0.2) is 4.98 Å². The number of aromatic nitrogens is 1. The zero-order chi connectivity index (χ0) is 13.3. The first-order valence-electron chi connectivity index (χ1n) is 7.04. The lowest BCUT2D eigenvalue weighted by atomic mass is 9.70. The second kappa shape index (κ2) is 5.04. The van der Waals surface area contributed by atoms with Crippen molar-refractivity contribution in [3.8, 4) is 0 Å². The van der Waals surface area contributed by atoms with Crippen LogP contribution in [-0.4, -0.2) is 11.0 Å². The van der Waals surface area contributed by atoms with E-state index in [4.69, 9.17) is 4.42 Å². The third kappa shape index (κ3) is 3.35. The minimum Gasteiger partial charge on any atom is -0.444 e. The van der Waals surface area contributed by atoms with Crippen molar-refractivity contribution < 1.29 is 4.42 Å². The average Bonchev–Trinajstić information content (AvgIpc) is 2.61. The monoisotopic (exact) mass is 250 g/mol. The van der Waals surface area contributed by atoms with Gasteiger partial charge >= 0.3 is 0 Å². The Balaban J connectivity index is 1.96. The molecule has 1 aromatic rings. The molecule has 1 heterocycles. The Morgan fingerprint density at radius 3 is 2.72 bits per heavy atom. The summed E-state index contributed by atoms with van der Waals surface area (Å²) in [4.78, 5) is 4.31. The number of rotatable bonds is 3. The lowest BCUT2D eigenvalue weighted by molar-refractivity contribution is 0.142. The quantitative estimate of drug-likeness (QED) is 0.885. The van der Waals surface area contributed by atoms with Gasteiger partial charge in [0.15, 0.2) is 0 Å². The first kappa shape index (κ1) is 13.6. The van der Waals surface area contributed by atoms with Gasteiger partial charge < -0.3 is 9.73 Å². The van der Waals surface area contributed by atoms with Gasteiger partial charge in [-0.3, -0.25) is 0 Å². The van der Waals surface area contributed by atoms with Crippen LogP contribution in [0.25, 0.3) is 0 Å². The molecule has 18 heavy (non-hydrogen) atoms. The van der Waals surface area contributed by atoms with Crippen molar-refractivity contribution in [3.63, 3.8) is 0 Å². The Hall–Kier alpha value is -0.830. The number of hydrogen-bond acceptors (Lipinski definition) is 3. The number of aryl methyl sites for hydroxylation is 1. The molecule has 1 aliphatic carbocycles. The summed E-state index contributed by atoms with van der Waals surface area (Å²) in [6, 6.07) is 0.774. The maximum atomic E-state index is 5.59. The number of nitrogens with zero attached hydrogens (tertiary/aromatic N) is 1. The Morgan fingerprint density at radius 1 is 1.44 bits per heavy atom. The molecule has 1 saturated carbocycles. The molecule has 3 heteroatoms. The third-order valence-corrected chi connectivity index (χ3v) is 3.88. The van der Waals surface area contributed by atoms with Crippen molar-refractivity contribution in [2.24, 2.45) is 11.3 Å². The van der Waals surface area contributed by atoms with Crippen LogP contribution in [0, 0.1) is 18.3 Å². The molecule has 0 amide bonds. The summed E-state index contributed by atoms with van der Waals surface area (Å²) in [6.07, 6.45) is 5.62. The predicted molar refractivity (Wildman–Crippen MR) is 73.4 cm³/mol. The van der Waals surface area contributed by atoms with Gasteiger partial charge in [0.1, 0.15) is 5.76 Å². The predicted octanol–water partition coefficient (Wildman–Crippen LogP) is 3.85. The fourth-order valence-corrected chi connectivity index (χ4v) is 3.47. The fraction of sp³-hybridized carbons (Fsp3) is 0.800. The summed E-state index contributed by atoms with van der Waals surface area (Å²) < 4.78 is 5.59. The minimum atomic E-state index is 0.199. The summed E-state index contributed by atoms with van der Waals surface area (Å²) in [5.74, 6) is 2.49. The Morgan fingerprint density at radius 2 is 2.17 bits per heavy atom. The molecule has 3 unspecified atom stereocenters. The first-order chi connectivity index (χ1) is 8.35. The largest absolute Gasteiger partial charge is 0.444 e. The zero-order valence-corrected chi connectivity index (χ0v) is 12.3. The van der Waals surface area contributed by atoms with Crippen LogP contribution in [0.3, 0.4) is 0 Å². The van der Waals surface area contributed by atoms with E-state index in [1.807, 2.05) is 6.92 Å². The van der Waals surface area contributed by atoms with Crippen LogP contribution in [0.4, 0.5) is 0 Å². The molecule has 102 valence electrons. The van der Waals surface area contributed by atoms with Gasteiger partial charge in [0.2, 0.25) is 5.89 Å². The van der Waals surface area contributed by atoms with Crippen molar-refractivity contribution in [2.75, 3.05) is 0 Å². The van der Waals surface area contributed by atoms with E-state index in [0.29, 0.717) is 11.5 Å². The van der Waals surface area contributed by atoms with Crippen LogP contribution in [0.15, 0.2) is 10.6 Å². The summed E-state index contributed by atoms with van der Waals surface area (Å²) in [5.41, 5.74) is 0.446. The van der Waals surface area contributed by atoms with Crippen molar-refractivity contribution in [1.82, 2.24) is 10.3 Å². The molecule has 0 radical (unpaired) electrons. The first-order valence-corrected chi connectivity index (χ1v) is 7.04. The average molecular weight is 250 g/mol. The van der Waals surface area contributed by atoms with E-state index in [1.54, 1.807) is 6.20 Å². The summed E-state index contributed by atoms with van der Waals surface area (Å²) in [7, 11) is 0. The molecule has 1 aliphatic rings. The lowest BCUT2D eigenvalue weighted by Crippen LogP contribution is -2.41. The van der Waals surface area contributed by atoms with E-state index >= 15 is 0 Å². The molecule has 0 spiro atoms. The van der Waals surface area contributed by atoms with Gasteiger partial charge in [0.25, 0.3) is 0 Å². The second-order valence-electron chi connectivity index (χ2n) is 6.81. The molecular weight excluding hydrogens is 224 g/mol. The van der Waals surface area contributed by atoms with Crippen LogP contribution >= 0.6 is 0 Å². The standard InChI is InChI=1S/C15H26N2O/c1-10-6-13(8-15(4,5)7-10)17-12(3)14-16-9-11(2)18-14/h9-10,12-13,17H,6-8H2,1-5H3. The molecule has 0 bridgehead atoms. The van der Waals surface area contributed by atoms with Gasteiger partial charge in [-0.05, 0) is 44.4 Å². The van der Waals surface area contributed by atoms with Crippen molar-refractivity contribution >= 4 is 0 Å². The molecule has 1 aromatic heterocycles. The van der Waals surface area contributed by atoms with Gasteiger partial charge in [-0.15, -0.1) is 0 Å².